The van der Waals surface area contributed by atoms with Crippen LogP contribution in [0.15, 0.2) is 18.3 Å². The minimum Gasteiger partial charge on any atom is -0.363 e. The first-order chi connectivity index (χ1) is 6.15. The van der Waals surface area contributed by atoms with E-state index in [1.54, 1.807) is 6.20 Å². The first-order valence-electron chi connectivity index (χ1n) is 4.14. The first-order valence-corrected chi connectivity index (χ1v) is 4.14. The number of nitrogens with zero attached hydrogens (tertiary/aromatic N) is 2. The molecule has 0 saturated carbocycles. The van der Waals surface area contributed by atoms with Crippen LogP contribution in [0.2, 0.25) is 0 Å². The molecule has 1 heterocycles. The minimum absolute atomic E-state index is 0.108. The molecule has 2 N–H and O–H groups in total. The molecule has 4 heteroatoms. The molecule has 0 aromatic carbocycles. The predicted molar refractivity (Wildman–Crippen MR) is 52.3 cm³/mol. The van der Waals surface area contributed by atoms with E-state index in [1.807, 2.05) is 38.1 Å². The number of anilines is 1. The van der Waals surface area contributed by atoms with Gasteiger partial charge in [-0.2, -0.15) is 0 Å². The van der Waals surface area contributed by atoms with Gasteiger partial charge in [0.15, 0.2) is 0 Å². The molecule has 0 aliphatic rings. The van der Waals surface area contributed by atoms with Gasteiger partial charge in [-0.3, -0.25) is 4.84 Å². The van der Waals surface area contributed by atoms with E-state index in [1.165, 1.54) is 0 Å². The highest BCUT2D eigenvalue weighted by Crippen LogP contribution is 2.15. The zero-order valence-electron chi connectivity index (χ0n) is 8.19. The predicted octanol–water partition coefficient (Wildman–Crippen LogP) is 1.10. The van der Waals surface area contributed by atoms with Crippen LogP contribution in [0.5, 0.6) is 0 Å². The second-order valence-corrected chi connectivity index (χ2v) is 3.12. The van der Waals surface area contributed by atoms with Crippen molar-refractivity contribution in [1.29, 1.82) is 0 Å². The molecule has 1 atom stereocenters. The van der Waals surface area contributed by atoms with E-state index in [0.717, 1.165) is 11.4 Å². The Bertz CT molecular complexity index is 258. The summed E-state index contributed by atoms with van der Waals surface area (Å²) in [5, 5.41) is 0. The van der Waals surface area contributed by atoms with Crippen molar-refractivity contribution in [3.63, 3.8) is 0 Å². The van der Waals surface area contributed by atoms with Crippen molar-refractivity contribution >= 4 is 5.82 Å². The Kier molecular flexibility index (Phi) is 3.22. The van der Waals surface area contributed by atoms with Crippen molar-refractivity contribution in [2.75, 3.05) is 19.0 Å². The Morgan fingerprint density at radius 2 is 2.15 bits per heavy atom. The fourth-order valence-corrected chi connectivity index (χ4v) is 0.981. The molecular weight excluding hydrogens is 166 g/mol. The summed E-state index contributed by atoms with van der Waals surface area (Å²) in [5.41, 5.74) is 0.980. The smallest absolute Gasteiger partial charge is 0.127 e. The Morgan fingerprint density at radius 3 is 2.54 bits per heavy atom. The van der Waals surface area contributed by atoms with Crippen LogP contribution in [0.1, 0.15) is 18.6 Å². The highest BCUT2D eigenvalue weighted by Gasteiger charge is 2.04. The number of pyridine rings is 1. The molecule has 0 saturated heterocycles. The van der Waals surface area contributed by atoms with E-state index in [4.69, 9.17) is 5.90 Å². The SMILES string of the molecule is CC(ON)c1ccc(N(C)C)nc1. The van der Waals surface area contributed by atoms with Crippen molar-refractivity contribution in [2.45, 2.75) is 13.0 Å². The average molecular weight is 181 g/mol. The summed E-state index contributed by atoms with van der Waals surface area (Å²) in [6.07, 6.45) is 1.66. The third-order valence-electron chi connectivity index (χ3n) is 1.90. The molecule has 1 aromatic heterocycles. The lowest BCUT2D eigenvalue weighted by Crippen LogP contribution is -2.11. The maximum atomic E-state index is 5.06. The number of hydrogen-bond acceptors (Lipinski definition) is 4. The topological polar surface area (TPSA) is 51.4 Å². The van der Waals surface area contributed by atoms with Gasteiger partial charge in [-0.1, -0.05) is 6.07 Å². The van der Waals surface area contributed by atoms with Crippen molar-refractivity contribution in [3.05, 3.63) is 23.9 Å². The standard InChI is InChI=1S/C9H15N3O/c1-7(13-10)8-4-5-9(11-6-8)12(2)3/h4-7H,10H2,1-3H3. The number of aromatic nitrogens is 1. The average Bonchev–Trinajstić information content (AvgIpc) is 2.17. The normalized spacial score (nSPS) is 12.6. The van der Waals surface area contributed by atoms with Crippen molar-refractivity contribution in [1.82, 2.24) is 4.98 Å². The van der Waals surface area contributed by atoms with Gasteiger partial charge < -0.3 is 4.90 Å². The van der Waals surface area contributed by atoms with Crippen LogP contribution in [0.4, 0.5) is 5.82 Å². The number of rotatable bonds is 3. The monoisotopic (exact) mass is 181 g/mol. The van der Waals surface area contributed by atoms with Crippen LogP contribution >= 0.6 is 0 Å². The van der Waals surface area contributed by atoms with E-state index >= 15 is 0 Å². The summed E-state index contributed by atoms with van der Waals surface area (Å²) in [7, 11) is 3.90. The second-order valence-electron chi connectivity index (χ2n) is 3.12. The zero-order chi connectivity index (χ0) is 9.84. The molecule has 72 valence electrons. The van der Waals surface area contributed by atoms with Gasteiger partial charge >= 0.3 is 0 Å². The molecule has 0 aliphatic carbocycles. The van der Waals surface area contributed by atoms with Gasteiger partial charge in [0.25, 0.3) is 0 Å². The van der Waals surface area contributed by atoms with Crippen LogP contribution < -0.4 is 10.8 Å². The summed E-state index contributed by atoms with van der Waals surface area (Å²) < 4.78 is 0. The zero-order valence-corrected chi connectivity index (χ0v) is 8.19. The quantitative estimate of drug-likeness (QED) is 0.709. The molecule has 0 aliphatic heterocycles. The van der Waals surface area contributed by atoms with Crippen molar-refractivity contribution < 1.29 is 4.84 Å². The molecule has 4 nitrogen and oxygen atoms in total. The Morgan fingerprint density at radius 1 is 1.46 bits per heavy atom. The molecule has 0 amide bonds. The number of hydrogen-bond donors (Lipinski definition) is 1. The molecule has 1 aromatic rings. The van der Waals surface area contributed by atoms with E-state index in [-0.39, 0.29) is 6.10 Å². The highest BCUT2D eigenvalue weighted by atomic mass is 16.6. The summed E-state index contributed by atoms with van der Waals surface area (Å²) in [6, 6.07) is 3.89. The Labute approximate surface area is 78.3 Å². The minimum atomic E-state index is -0.108. The van der Waals surface area contributed by atoms with E-state index in [2.05, 4.69) is 9.82 Å². The van der Waals surface area contributed by atoms with Crippen LogP contribution in [0.25, 0.3) is 0 Å². The molecule has 1 unspecified atom stereocenters. The maximum absolute atomic E-state index is 5.06. The van der Waals surface area contributed by atoms with Crippen LogP contribution in [0.3, 0.4) is 0 Å². The van der Waals surface area contributed by atoms with Crippen molar-refractivity contribution in [2.24, 2.45) is 5.90 Å². The summed E-state index contributed by atoms with van der Waals surface area (Å²) in [6.45, 7) is 1.88. The van der Waals surface area contributed by atoms with Gasteiger partial charge in [0, 0.05) is 25.9 Å². The highest BCUT2D eigenvalue weighted by molar-refractivity contribution is 5.37. The first kappa shape index (κ1) is 9.95. The second kappa shape index (κ2) is 4.20. The molecule has 1 rings (SSSR count). The van der Waals surface area contributed by atoms with Gasteiger partial charge in [-0.05, 0) is 13.0 Å². The van der Waals surface area contributed by atoms with E-state index in [0.29, 0.717) is 0 Å². The maximum Gasteiger partial charge on any atom is 0.127 e. The molecule has 13 heavy (non-hydrogen) atoms. The number of nitrogens with two attached hydrogens (primary N) is 1. The van der Waals surface area contributed by atoms with Crippen LogP contribution in [0, 0.1) is 0 Å². The summed E-state index contributed by atoms with van der Waals surface area (Å²) in [5.74, 6) is 5.99. The fraction of sp³-hybridized carbons (Fsp3) is 0.444. The summed E-state index contributed by atoms with van der Waals surface area (Å²) >= 11 is 0. The molecule has 0 radical (unpaired) electrons. The van der Waals surface area contributed by atoms with Crippen molar-refractivity contribution in [3.8, 4) is 0 Å². The third kappa shape index (κ3) is 2.40. The fourth-order valence-electron chi connectivity index (χ4n) is 0.981. The Hall–Kier alpha value is -1.13. The molecule has 0 spiro atoms. The third-order valence-corrected chi connectivity index (χ3v) is 1.90. The molecule has 0 bridgehead atoms. The van der Waals surface area contributed by atoms with Gasteiger partial charge in [0.1, 0.15) is 11.9 Å². The Balaban J connectivity index is 2.81. The summed E-state index contributed by atoms with van der Waals surface area (Å²) in [4.78, 5) is 10.9. The van der Waals surface area contributed by atoms with Gasteiger partial charge in [-0.15, -0.1) is 0 Å². The largest absolute Gasteiger partial charge is 0.363 e. The van der Waals surface area contributed by atoms with Crippen LogP contribution in [-0.2, 0) is 4.84 Å². The lowest BCUT2D eigenvalue weighted by atomic mass is 10.2. The van der Waals surface area contributed by atoms with E-state index in [9.17, 15) is 0 Å². The van der Waals surface area contributed by atoms with Gasteiger partial charge in [0.2, 0.25) is 0 Å². The molecule has 0 fully saturated rings. The van der Waals surface area contributed by atoms with Crippen LogP contribution in [-0.4, -0.2) is 19.1 Å². The molecular formula is C9H15N3O. The lowest BCUT2D eigenvalue weighted by molar-refractivity contribution is 0.0662. The van der Waals surface area contributed by atoms with Gasteiger partial charge in [-0.25, -0.2) is 10.9 Å². The van der Waals surface area contributed by atoms with Gasteiger partial charge in [0.05, 0.1) is 0 Å². The van der Waals surface area contributed by atoms with E-state index < -0.39 is 0 Å². The lowest BCUT2D eigenvalue weighted by Gasteiger charge is -2.13.